The van der Waals surface area contributed by atoms with Crippen LogP contribution in [0.1, 0.15) is 21.5 Å². The van der Waals surface area contributed by atoms with Crippen LogP contribution >= 0.6 is 0 Å². The minimum atomic E-state index is -2.98. The Morgan fingerprint density at radius 3 is 2.14 bits per heavy atom. The molecule has 2 amide bonds. The van der Waals surface area contributed by atoms with Crippen LogP contribution in [0.4, 0.5) is 8.78 Å². The molecule has 29 heavy (non-hydrogen) atoms. The fraction of sp³-hybridized carbons (Fsp3) is 0.250. The zero-order valence-corrected chi connectivity index (χ0v) is 15.7. The quantitative estimate of drug-likeness (QED) is 0.677. The van der Waals surface area contributed by atoms with Crippen LogP contribution in [0.2, 0.25) is 0 Å². The Balaban J connectivity index is 1.75. The summed E-state index contributed by atoms with van der Waals surface area (Å²) in [5.41, 5.74) is 1.99. The van der Waals surface area contributed by atoms with E-state index in [0.717, 1.165) is 23.3 Å². The van der Waals surface area contributed by atoms with Gasteiger partial charge in [-0.2, -0.15) is 8.78 Å². The normalized spacial score (nSPS) is 10.4. The lowest BCUT2D eigenvalue weighted by Gasteiger charge is -2.09. The highest BCUT2D eigenvalue weighted by molar-refractivity contribution is 6.05. The summed E-state index contributed by atoms with van der Waals surface area (Å²) in [7, 11) is 0. The molecule has 0 saturated heterocycles. The highest BCUT2D eigenvalue weighted by atomic mass is 19.3. The first kappa shape index (κ1) is 21.8. The molecule has 1 N–H and O–H groups in total. The number of ether oxygens (including phenoxy) is 3. The van der Waals surface area contributed by atoms with Gasteiger partial charge in [0, 0.05) is 5.56 Å². The summed E-state index contributed by atoms with van der Waals surface area (Å²) in [6, 6.07) is 10.2. The number of amides is 2. The highest BCUT2D eigenvalue weighted by Gasteiger charge is 2.14. The first-order valence-electron chi connectivity index (χ1n) is 8.48. The molecule has 0 atom stereocenters. The summed E-state index contributed by atoms with van der Waals surface area (Å²) in [4.78, 5) is 35.3. The van der Waals surface area contributed by atoms with E-state index in [1.54, 1.807) is 12.1 Å². The topological polar surface area (TPSA) is 90.9 Å². The van der Waals surface area contributed by atoms with Gasteiger partial charge in [0.05, 0.1) is 0 Å². The van der Waals surface area contributed by atoms with Crippen molar-refractivity contribution in [2.75, 3.05) is 13.2 Å². The van der Waals surface area contributed by atoms with Crippen LogP contribution in [0.25, 0.3) is 0 Å². The van der Waals surface area contributed by atoms with Gasteiger partial charge in [-0.05, 0) is 61.4 Å². The molecule has 0 aromatic heterocycles. The molecule has 0 bridgehead atoms. The van der Waals surface area contributed by atoms with E-state index in [2.05, 4.69) is 4.74 Å². The van der Waals surface area contributed by atoms with Gasteiger partial charge in [0.2, 0.25) is 0 Å². The van der Waals surface area contributed by atoms with Crippen molar-refractivity contribution in [3.05, 3.63) is 59.2 Å². The third-order valence-electron chi connectivity index (χ3n) is 3.51. The maximum absolute atomic E-state index is 12.1. The van der Waals surface area contributed by atoms with Gasteiger partial charge in [-0.1, -0.05) is 6.07 Å². The van der Waals surface area contributed by atoms with Crippen LogP contribution in [0.5, 0.6) is 11.5 Å². The predicted octanol–water partition coefficient (Wildman–Crippen LogP) is 2.78. The lowest BCUT2D eigenvalue weighted by atomic mass is 10.1. The average molecular weight is 407 g/mol. The molecule has 0 heterocycles. The second kappa shape index (κ2) is 10.2. The molecule has 9 heteroatoms. The Morgan fingerprint density at radius 2 is 1.55 bits per heavy atom. The highest BCUT2D eigenvalue weighted by Crippen LogP contribution is 2.16. The summed E-state index contributed by atoms with van der Waals surface area (Å²) in [5.74, 6) is -2.02. The summed E-state index contributed by atoms with van der Waals surface area (Å²) < 4.78 is 38.4. The number of hydrogen-bond acceptors (Lipinski definition) is 6. The lowest BCUT2D eigenvalue weighted by molar-refractivity contribution is -0.150. The third kappa shape index (κ3) is 7.57. The van der Waals surface area contributed by atoms with Crippen LogP contribution in [0.15, 0.2) is 42.5 Å². The number of esters is 1. The van der Waals surface area contributed by atoms with Crippen molar-refractivity contribution in [3.63, 3.8) is 0 Å². The number of halogens is 2. The first-order chi connectivity index (χ1) is 13.7. The maximum atomic E-state index is 12.1. The van der Waals surface area contributed by atoms with E-state index < -0.39 is 37.6 Å². The number of hydrogen-bond donors (Lipinski definition) is 1. The molecule has 0 aliphatic rings. The number of rotatable bonds is 8. The van der Waals surface area contributed by atoms with Gasteiger partial charge in [0.1, 0.15) is 11.5 Å². The van der Waals surface area contributed by atoms with E-state index in [4.69, 9.17) is 9.47 Å². The number of carbonyl (C=O) groups is 3. The predicted molar refractivity (Wildman–Crippen MR) is 97.9 cm³/mol. The maximum Gasteiger partial charge on any atom is 0.387 e. The van der Waals surface area contributed by atoms with Gasteiger partial charge in [0.25, 0.3) is 11.8 Å². The van der Waals surface area contributed by atoms with E-state index in [-0.39, 0.29) is 11.3 Å². The molecule has 7 nitrogen and oxygen atoms in total. The van der Waals surface area contributed by atoms with Crippen molar-refractivity contribution in [1.29, 1.82) is 0 Å². The molecule has 0 fully saturated rings. The summed E-state index contributed by atoms with van der Waals surface area (Å²) >= 11 is 0. The molecule has 0 spiro atoms. The second-order valence-electron chi connectivity index (χ2n) is 6.05. The molecule has 0 saturated carbocycles. The van der Waals surface area contributed by atoms with E-state index in [0.29, 0.717) is 5.75 Å². The number of alkyl halides is 2. The van der Waals surface area contributed by atoms with E-state index in [9.17, 15) is 23.2 Å². The van der Waals surface area contributed by atoms with E-state index >= 15 is 0 Å². The number of aryl methyl sites for hydroxylation is 2. The number of nitrogens with one attached hydrogen (secondary N) is 1. The number of benzene rings is 2. The Labute approximate surface area is 165 Å². The Bertz CT molecular complexity index is 863. The van der Waals surface area contributed by atoms with Gasteiger partial charge < -0.3 is 14.2 Å². The van der Waals surface area contributed by atoms with Crippen molar-refractivity contribution in [3.8, 4) is 11.5 Å². The van der Waals surface area contributed by atoms with E-state index in [1.807, 2.05) is 25.2 Å². The van der Waals surface area contributed by atoms with Crippen molar-refractivity contribution < 1.29 is 37.4 Å². The van der Waals surface area contributed by atoms with Gasteiger partial charge >= 0.3 is 12.6 Å². The van der Waals surface area contributed by atoms with Crippen LogP contribution in [0, 0.1) is 13.8 Å². The average Bonchev–Trinajstić information content (AvgIpc) is 2.64. The van der Waals surface area contributed by atoms with Gasteiger partial charge in [0.15, 0.2) is 13.2 Å². The molecule has 0 aliphatic carbocycles. The van der Waals surface area contributed by atoms with Gasteiger partial charge in [-0.3, -0.25) is 14.9 Å². The summed E-state index contributed by atoms with van der Waals surface area (Å²) in [6.45, 7) is -0.272. The van der Waals surface area contributed by atoms with Crippen molar-refractivity contribution >= 4 is 17.8 Å². The summed E-state index contributed by atoms with van der Waals surface area (Å²) in [5, 5.41) is 2.02. The molecular formula is C20H19F2NO6. The summed E-state index contributed by atoms with van der Waals surface area (Å²) in [6.07, 6.45) is 0. The standard InChI is InChI=1S/C20H19F2NO6/c1-12-7-13(2)9-16(8-12)27-11-18(25)28-10-17(24)23-19(26)14-3-5-15(6-4-14)29-20(21)22/h3-9,20H,10-11H2,1-2H3,(H,23,24,26). The van der Waals surface area contributed by atoms with Crippen molar-refractivity contribution in [2.24, 2.45) is 0 Å². The molecular weight excluding hydrogens is 388 g/mol. The fourth-order valence-electron chi connectivity index (χ4n) is 2.37. The molecule has 154 valence electrons. The smallest absolute Gasteiger partial charge is 0.387 e. The molecule has 0 unspecified atom stereocenters. The Morgan fingerprint density at radius 1 is 0.931 bits per heavy atom. The minimum absolute atomic E-state index is 0.0458. The Hall–Kier alpha value is -3.49. The van der Waals surface area contributed by atoms with Gasteiger partial charge in [-0.15, -0.1) is 0 Å². The number of carbonyl (C=O) groups excluding carboxylic acids is 3. The largest absolute Gasteiger partial charge is 0.482 e. The van der Waals surface area contributed by atoms with Crippen LogP contribution in [-0.2, 0) is 14.3 Å². The van der Waals surface area contributed by atoms with Crippen molar-refractivity contribution in [2.45, 2.75) is 20.5 Å². The zero-order chi connectivity index (χ0) is 21.4. The lowest BCUT2D eigenvalue weighted by Crippen LogP contribution is -2.34. The molecule has 0 radical (unpaired) electrons. The second-order valence-corrected chi connectivity index (χ2v) is 6.05. The Kier molecular flexibility index (Phi) is 7.64. The molecule has 2 rings (SSSR count). The molecule has 0 aliphatic heterocycles. The third-order valence-corrected chi connectivity index (χ3v) is 3.51. The zero-order valence-electron chi connectivity index (χ0n) is 15.7. The monoisotopic (exact) mass is 407 g/mol. The minimum Gasteiger partial charge on any atom is -0.482 e. The molecule has 2 aromatic carbocycles. The van der Waals surface area contributed by atoms with Crippen LogP contribution < -0.4 is 14.8 Å². The van der Waals surface area contributed by atoms with Crippen molar-refractivity contribution in [1.82, 2.24) is 5.32 Å². The van der Waals surface area contributed by atoms with Crippen LogP contribution in [0.3, 0.4) is 0 Å². The fourth-order valence-corrected chi connectivity index (χ4v) is 2.37. The van der Waals surface area contributed by atoms with Gasteiger partial charge in [-0.25, -0.2) is 4.79 Å². The molecule has 2 aromatic rings. The van der Waals surface area contributed by atoms with Crippen LogP contribution in [-0.4, -0.2) is 37.6 Å². The SMILES string of the molecule is Cc1cc(C)cc(OCC(=O)OCC(=O)NC(=O)c2ccc(OC(F)F)cc2)c1. The first-order valence-corrected chi connectivity index (χ1v) is 8.48. The number of imide groups is 1. The van der Waals surface area contributed by atoms with E-state index in [1.165, 1.54) is 12.1 Å².